The van der Waals surface area contributed by atoms with Gasteiger partial charge in [-0.2, -0.15) is 0 Å². The molecule has 0 spiro atoms. The van der Waals surface area contributed by atoms with E-state index in [2.05, 4.69) is 32.6 Å². The fourth-order valence-corrected chi connectivity index (χ4v) is 1.44. The summed E-state index contributed by atoms with van der Waals surface area (Å²) in [6, 6.07) is 0. The van der Waals surface area contributed by atoms with Gasteiger partial charge in [0.15, 0.2) is 0 Å². The van der Waals surface area contributed by atoms with Crippen molar-refractivity contribution in [1.82, 2.24) is 4.90 Å². The van der Waals surface area contributed by atoms with Crippen LogP contribution in [-0.2, 0) is 4.74 Å². The lowest BCUT2D eigenvalue weighted by atomic mass is 10.0. The van der Waals surface area contributed by atoms with Crippen molar-refractivity contribution >= 4 is 0 Å². The Morgan fingerprint density at radius 2 is 1.86 bits per heavy atom. The second-order valence-electron chi connectivity index (χ2n) is 4.21. The van der Waals surface area contributed by atoms with Gasteiger partial charge in [-0.25, -0.2) is 0 Å². The van der Waals surface area contributed by atoms with Crippen LogP contribution in [-0.4, -0.2) is 43.3 Å². The molecule has 3 heteroatoms. The van der Waals surface area contributed by atoms with Crippen LogP contribution in [0.15, 0.2) is 0 Å². The van der Waals surface area contributed by atoms with Gasteiger partial charge in [0.2, 0.25) is 0 Å². The van der Waals surface area contributed by atoms with Crippen molar-refractivity contribution in [1.29, 1.82) is 0 Å². The highest BCUT2D eigenvalue weighted by atomic mass is 16.5. The third-order valence-electron chi connectivity index (χ3n) is 2.59. The first-order valence-corrected chi connectivity index (χ1v) is 5.61. The fraction of sp³-hybridized carbons (Fsp3) is 1.00. The van der Waals surface area contributed by atoms with Gasteiger partial charge < -0.3 is 10.5 Å². The van der Waals surface area contributed by atoms with Gasteiger partial charge in [0.1, 0.15) is 0 Å². The lowest BCUT2D eigenvalue weighted by Crippen LogP contribution is -2.50. The molecule has 3 nitrogen and oxygen atoms in total. The van der Waals surface area contributed by atoms with E-state index < -0.39 is 0 Å². The molecule has 0 saturated carbocycles. The van der Waals surface area contributed by atoms with Crippen molar-refractivity contribution in [2.75, 3.05) is 32.8 Å². The van der Waals surface area contributed by atoms with E-state index >= 15 is 0 Å². The Labute approximate surface area is 88.6 Å². The highest BCUT2D eigenvalue weighted by molar-refractivity contribution is 4.81. The molecule has 0 aromatic carbocycles. The molecule has 0 atom stereocenters. The van der Waals surface area contributed by atoms with Crippen molar-refractivity contribution in [3.05, 3.63) is 0 Å². The monoisotopic (exact) mass is 202 g/mol. The average Bonchev–Trinajstić information content (AvgIpc) is 2.17. The Kier molecular flexibility index (Phi) is 7.15. The van der Waals surface area contributed by atoms with E-state index in [4.69, 9.17) is 10.5 Å². The molecule has 14 heavy (non-hydrogen) atoms. The van der Waals surface area contributed by atoms with Crippen molar-refractivity contribution < 1.29 is 4.74 Å². The molecule has 0 amide bonds. The van der Waals surface area contributed by atoms with Crippen LogP contribution < -0.4 is 5.73 Å². The third-order valence-corrected chi connectivity index (χ3v) is 2.59. The molecule has 0 aliphatic heterocycles. The molecule has 0 aliphatic carbocycles. The minimum atomic E-state index is 0.0876. The zero-order valence-corrected chi connectivity index (χ0v) is 10.2. The number of ether oxygens (including phenoxy) is 1. The minimum absolute atomic E-state index is 0.0876. The molecule has 0 aromatic rings. The van der Waals surface area contributed by atoms with E-state index in [0.717, 1.165) is 32.7 Å². The Hall–Kier alpha value is -0.120. The molecule has 0 unspecified atom stereocenters. The second kappa shape index (κ2) is 7.21. The van der Waals surface area contributed by atoms with E-state index in [9.17, 15) is 0 Å². The van der Waals surface area contributed by atoms with E-state index in [1.165, 1.54) is 0 Å². The Morgan fingerprint density at radius 1 is 1.21 bits per heavy atom. The Balaban J connectivity index is 3.79. The summed E-state index contributed by atoms with van der Waals surface area (Å²) < 4.78 is 5.47. The summed E-state index contributed by atoms with van der Waals surface area (Å²) in [5, 5.41) is 0. The van der Waals surface area contributed by atoms with Crippen LogP contribution in [0.4, 0.5) is 0 Å². The van der Waals surface area contributed by atoms with Crippen molar-refractivity contribution in [2.45, 2.75) is 39.7 Å². The largest absolute Gasteiger partial charge is 0.380 e. The summed E-state index contributed by atoms with van der Waals surface area (Å²) in [6.07, 6.45) is 1.09. The van der Waals surface area contributed by atoms with Crippen LogP contribution in [0.1, 0.15) is 34.1 Å². The molecule has 0 radical (unpaired) electrons. The molecule has 0 heterocycles. The highest BCUT2D eigenvalue weighted by Gasteiger charge is 2.22. The maximum Gasteiger partial charge on any atom is 0.0593 e. The number of nitrogens with zero attached hydrogens (tertiary/aromatic N) is 1. The number of hydrogen-bond donors (Lipinski definition) is 1. The number of nitrogens with two attached hydrogens (primary N) is 1. The third kappa shape index (κ3) is 4.94. The van der Waals surface area contributed by atoms with Gasteiger partial charge in [0.25, 0.3) is 0 Å². The van der Waals surface area contributed by atoms with Crippen LogP contribution >= 0.6 is 0 Å². The topological polar surface area (TPSA) is 38.5 Å². The van der Waals surface area contributed by atoms with E-state index in [1.807, 2.05) is 0 Å². The van der Waals surface area contributed by atoms with E-state index in [1.54, 1.807) is 0 Å². The van der Waals surface area contributed by atoms with E-state index in [-0.39, 0.29) is 5.54 Å². The van der Waals surface area contributed by atoms with E-state index in [0.29, 0.717) is 6.54 Å². The first-order valence-electron chi connectivity index (χ1n) is 5.61. The summed E-state index contributed by atoms with van der Waals surface area (Å²) in [6.45, 7) is 13.0. The number of rotatable bonds is 8. The summed E-state index contributed by atoms with van der Waals surface area (Å²) in [4.78, 5) is 2.36. The first-order chi connectivity index (χ1) is 6.58. The molecular formula is C11H26N2O. The van der Waals surface area contributed by atoms with Gasteiger partial charge in [-0.1, -0.05) is 13.8 Å². The Bertz CT molecular complexity index is 137. The van der Waals surface area contributed by atoms with Crippen molar-refractivity contribution in [3.8, 4) is 0 Å². The molecule has 0 bridgehead atoms. The van der Waals surface area contributed by atoms with Gasteiger partial charge in [-0.3, -0.25) is 4.90 Å². The van der Waals surface area contributed by atoms with Crippen LogP contribution in [0, 0.1) is 0 Å². The van der Waals surface area contributed by atoms with Crippen molar-refractivity contribution in [3.63, 3.8) is 0 Å². The molecule has 2 N–H and O–H groups in total. The summed E-state index contributed by atoms with van der Waals surface area (Å²) in [7, 11) is 0. The fourth-order valence-electron chi connectivity index (χ4n) is 1.44. The lowest BCUT2D eigenvalue weighted by Gasteiger charge is -2.36. The Morgan fingerprint density at radius 3 is 2.29 bits per heavy atom. The molecule has 0 saturated heterocycles. The van der Waals surface area contributed by atoms with Crippen LogP contribution in [0.2, 0.25) is 0 Å². The summed E-state index contributed by atoms with van der Waals surface area (Å²) >= 11 is 0. The molecule has 86 valence electrons. The molecular weight excluding hydrogens is 176 g/mol. The number of likely N-dealkylation sites (N-methyl/N-ethyl adjacent to an activating group) is 1. The predicted octanol–water partition coefficient (Wildman–Crippen LogP) is 1.47. The normalized spacial score (nSPS) is 12.4. The standard InChI is InChI=1S/C11H26N2O/c1-5-8-14-9-7-13(6-2)11(3,4)10-12/h5-10,12H2,1-4H3. The van der Waals surface area contributed by atoms with Gasteiger partial charge in [-0.15, -0.1) is 0 Å². The number of hydrogen-bond acceptors (Lipinski definition) is 3. The zero-order chi connectivity index (χ0) is 11.0. The average molecular weight is 202 g/mol. The molecule has 0 rings (SSSR count). The predicted molar refractivity (Wildman–Crippen MR) is 61.5 cm³/mol. The summed E-state index contributed by atoms with van der Waals surface area (Å²) in [5.41, 5.74) is 5.82. The second-order valence-corrected chi connectivity index (χ2v) is 4.21. The van der Waals surface area contributed by atoms with Crippen LogP contribution in [0.25, 0.3) is 0 Å². The van der Waals surface area contributed by atoms with Gasteiger partial charge in [-0.05, 0) is 26.8 Å². The van der Waals surface area contributed by atoms with Gasteiger partial charge in [0.05, 0.1) is 6.61 Å². The van der Waals surface area contributed by atoms with Crippen LogP contribution in [0.3, 0.4) is 0 Å². The first kappa shape index (κ1) is 13.9. The molecule has 0 aromatic heterocycles. The maximum atomic E-state index is 5.73. The lowest BCUT2D eigenvalue weighted by molar-refractivity contribution is 0.0645. The molecule has 0 aliphatic rings. The quantitative estimate of drug-likeness (QED) is 0.606. The maximum absolute atomic E-state index is 5.73. The highest BCUT2D eigenvalue weighted by Crippen LogP contribution is 2.11. The van der Waals surface area contributed by atoms with Crippen molar-refractivity contribution in [2.24, 2.45) is 5.73 Å². The van der Waals surface area contributed by atoms with Gasteiger partial charge >= 0.3 is 0 Å². The van der Waals surface area contributed by atoms with Gasteiger partial charge in [0, 0.05) is 25.2 Å². The SMILES string of the molecule is CCCOCCN(CC)C(C)(C)CN. The molecule has 0 fully saturated rings. The minimum Gasteiger partial charge on any atom is -0.380 e. The van der Waals surface area contributed by atoms with Crippen LogP contribution in [0.5, 0.6) is 0 Å². The zero-order valence-electron chi connectivity index (χ0n) is 10.2. The smallest absolute Gasteiger partial charge is 0.0593 e. The summed E-state index contributed by atoms with van der Waals surface area (Å²) in [5.74, 6) is 0.